The molecule has 0 spiro atoms. The number of carbonyl (C=O) groups excluding carboxylic acids is 1. The third-order valence-corrected chi connectivity index (χ3v) is 3.16. The molecular weight excluding hydrogens is 290 g/mol. The summed E-state index contributed by atoms with van der Waals surface area (Å²) in [5.74, 6) is -1.66. The second-order valence-electron chi connectivity index (χ2n) is 6.76. The van der Waals surface area contributed by atoms with E-state index in [1.54, 1.807) is 13.8 Å². The molecule has 0 saturated carbocycles. The quantitative estimate of drug-likeness (QED) is 0.428. The van der Waals surface area contributed by atoms with Gasteiger partial charge in [-0.05, 0) is 27.4 Å². The summed E-state index contributed by atoms with van der Waals surface area (Å²) in [6.45, 7) is 12.4. The lowest BCUT2D eigenvalue weighted by Gasteiger charge is -2.35. The number of aliphatic hydroxyl groups excluding tert-OH is 1. The van der Waals surface area contributed by atoms with E-state index in [1.807, 2.05) is 20.8 Å². The van der Waals surface area contributed by atoms with Crippen LogP contribution >= 0.6 is 0 Å². The molecule has 7 nitrogen and oxygen atoms in total. The lowest BCUT2D eigenvalue weighted by Crippen LogP contribution is -2.62. The van der Waals surface area contributed by atoms with Crippen LogP contribution in [0.15, 0.2) is 12.5 Å². The molecule has 2 atom stereocenters. The lowest BCUT2D eigenvalue weighted by atomic mass is 9.95. The molecule has 1 heterocycles. The zero-order valence-corrected chi connectivity index (χ0v) is 14.2. The number of nitrogens with one attached hydrogen (secondary N) is 1. The number of hydrogen-bond donors (Lipinski definition) is 2. The van der Waals surface area contributed by atoms with Gasteiger partial charge in [0.2, 0.25) is 5.79 Å². The zero-order valence-electron chi connectivity index (χ0n) is 14.2. The van der Waals surface area contributed by atoms with Crippen molar-refractivity contribution in [3.05, 3.63) is 12.5 Å². The molecule has 128 valence electrons. The topological polar surface area (TPSA) is 86.3 Å². The standard InChI is InChI=1S/C15H27NO6/c1-10(21-13(2,3)4)16-15(9-20-8-11(15)17)12(18)22-14(5,6)19-7/h11,16-17H,1,8-9H2,2-7H3/t11-,15+/m0/s1. The summed E-state index contributed by atoms with van der Waals surface area (Å²) < 4.78 is 21.2. The second kappa shape index (κ2) is 6.44. The van der Waals surface area contributed by atoms with E-state index < -0.39 is 29.0 Å². The first-order valence-electron chi connectivity index (χ1n) is 7.12. The molecule has 0 bridgehead atoms. The average molecular weight is 317 g/mol. The normalized spacial score (nSPS) is 25.7. The van der Waals surface area contributed by atoms with E-state index in [9.17, 15) is 9.90 Å². The molecule has 0 radical (unpaired) electrons. The highest BCUT2D eigenvalue weighted by atomic mass is 16.7. The van der Waals surface area contributed by atoms with Crippen molar-refractivity contribution >= 4 is 5.97 Å². The van der Waals surface area contributed by atoms with Crippen LogP contribution in [0.4, 0.5) is 0 Å². The minimum absolute atomic E-state index is 0.0122. The van der Waals surface area contributed by atoms with Gasteiger partial charge < -0.3 is 29.4 Å². The molecule has 0 amide bonds. The molecule has 0 aliphatic carbocycles. The predicted octanol–water partition coefficient (Wildman–Crippen LogP) is 0.918. The second-order valence-corrected chi connectivity index (χ2v) is 6.76. The molecule has 1 saturated heterocycles. The number of methoxy groups -OCH3 is 1. The minimum Gasteiger partial charge on any atom is -0.474 e. The molecule has 2 N–H and O–H groups in total. The fourth-order valence-corrected chi connectivity index (χ4v) is 1.94. The Kier molecular flexibility index (Phi) is 5.48. The number of esters is 1. The molecule has 0 aromatic heterocycles. The maximum atomic E-state index is 12.6. The van der Waals surface area contributed by atoms with Gasteiger partial charge in [-0.15, -0.1) is 0 Å². The van der Waals surface area contributed by atoms with Crippen LogP contribution < -0.4 is 5.32 Å². The molecule has 1 rings (SSSR count). The molecule has 1 aliphatic rings. The van der Waals surface area contributed by atoms with Crippen LogP contribution in [0.5, 0.6) is 0 Å². The molecule has 1 fully saturated rings. The SMILES string of the molecule is C=C(N[C@]1(C(=O)OC(C)(C)OC)COC[C@@H]1O)OC(C)(C)C. The molecule has 7 heteroatoms. The summed E-state index contributed by atoms with van der Waals surface area (Å²) in [7, 11) is 1.43. The Hall–Kier alpha value is -1.31. The van der Waals surface area contributed by atoms with E-state index in [1.165, 1.54) is 7.11 Å². The van der Waals surface area contributed by atoms with Crippen molar-refractivity contribution in [3.8, 4) is 0 Å². The fraction of sp³-hybridized carbons (Fsp3) is 0.800. The third-order valence-electron chi connectivity index (χ3n) is 3.16. The van der Waals surface area contributed by atoms with Gasteiger partial charge in [0.15, 0.2) is 11.4 Å². The van der Waals surface area contributed by atoms with Crippen LogP contribution in [-0.4, -0.2) is 54.4 Å². The summed E-state index contributed by atoms with van der Waals surface area (Å²) in [5, 5.41) is 13.0. The maximum Gasteiger partial charge on any atom is 0.339 e. The number of carbonyl (C=O) groups is 1. The van der Waals surface area contributed by atoms with Crippen molar-refractivity contribution in [1.82, 2.24) is 5.32 Å². The Bertz CT molecular complexity index is 428. The molecule has 0 aromatic rings. The molecule has 22 heavy (non-hydrogen) atoms. The van der Waals surface area contributed by atoms with E-state index in [0.29, 0.717) is 0 Å². The van der Waals surface area contributed by atoms with E-state index in [0.717, 1.165) is 0 Å². The highest BCUT2D eigenvalue weighted by Gasteiger charge is 2.53. The van der Waals surface area contributed by atoms with E-state index in [4.69, 9.17) is 18.9 Å². The van der Waals surface area contributed by atoms with Gasteiger partial charge in [-0.1, -0.05) is 0 Å². The number of ether oxygens (including phenoxy) is 4. The Morgan fingerprint density at radius 3 is 2.32 bits per heavy atom. The predicted molar refractivity (Wildman–Crippen MR) is 79.9 cm³/mol. The van der Waals surface area contributed by atoms with Crippen LogP contribution in [0.2, 0.25) is 0 Å². The zero-order chi connectivity index (χ0) is 17.2. The van der Waals surface area contributed by atoms with Crippen LogP contribution in [0.25, 0.3) is 0 Å². The molecule has 0 aromatic carbocycles. The van der Waals surface area contributed by atoms with Crippen LogP contribution in [-0.2, 0) is 23.7 Å². The van der Waals surface area contributed by atoms with Crippen LogP contribution in [0.1, 0.15) is 34.6 Å². The third kappa shape index (κ3) is 4.59. The Morgan fingerprint density at radius 2 is 1.91 bits per heavy atom. The monoisotopic (exact) mass is 317 g/mol. The number of aliphatic hydroxyl groups is 1. The van der Waals surface area contributed by atoms with Crippen molar-refractivity contribution in [3.63, 3.8) is 0 Å². The molecular formula is C15H27NO6. The van der Waals surface area contributed by atoms with Gasteiger partial charge in [0.25, 0.3) is 0 Å². The number of hydrogen-bond acceptors (Lipinski definition) is 7. The fourth-order valence-electron chi connectivity index (χ4n) is 1.94. The average Bonchev–Trinajstić information content (AvgIpc) is 2.69. The summed E-state index contributed by atoms with van der Waals surface area (Å²) >= 11 is 0. The van der Waals surface area contributed by atoms with Crippen LogP contribution in [0.3, 0.4) is 0 Å². The summed E-state index contributed by atoms with van der Waals surface area (Å²) in [6, 6.07) is 0. The number of rotatable bonds is 6. The Balaban J connectivity index is 2.92. The first-order valence-corrected chi connectivity index (χ1v) is 7.12. The van der Waals surface area contributed by atoms with Crippen molar-refractivity contribution < 1.29 is 28.8 Å². The Labute approximate surface area is 131 Å². The van der Waals surface area contributed by atoms with Crippen molar-refractivity contribution in [2.75, 3.05) is 20.3 Å². The maximum absolute atomic E-state index is 12.6. The lowest BCUT2D eigenvalue weighted by molar-refractivity contribution is -0.215. The van der Waals surface area contributed by atoms with Crippen LogP contribution in [0, 0.1) is 0 Å². The Morgan fingerprint density at radius 1 is 1.32 bits per heavy atom. The van der Waals surface area contributed by atoms with Crippen molar-refractivity contribution in [2.24, 2.45) is 0 Å². The summed E-state index contributed by atoms with van der Waals surface area (Å²) in [5.41, 5.74) is -1.97. The van der Waals surface area contributed by atoms with Gasteiger partial charge in [0.05, 0.1) is 13.2 Å². The van der Waals surface area contributed by atoms with Gasteiger partial charge in [-0.25, -0.2) is 4.79 Å². The van der Waals surface area contributed by atoms with Gasteiger partial charge in [0.1, 0.15) is 11.7 Å². The molecule has 1 aliphatic heterocycles. The van der Waals surface area contributed by atoms with Gasteiger partial charge in [0, 0.05) is 21.0 Å². The largest absolute Gasteiger partial charge is 0.474 e. The van der Waals surface area contributed by atoms with Crippen molar-refractivity contribution in [1.29, 1.82) is 0 Å². The van der Waals surface area contributed by atoms with Gasteiger partial charge in [-0.3, -0.25) is 0 Å². The van der Waals surface area contributed by atoms with Crippen molar-refractivity contribution in [2.45, 2.75) is 57.6 Å². The van der Waals surface area contributed by atoms with Gasteiger partial charge in [-0.2, -0.15) is 0 Å². The molecule has 0 unspecified atom stereocenters. The van der Waals surface area contributed by atoms with E-state index >= 15 is 0 Å². The summed E-state index contributed by atoms with van der Waals surface area (Å²) in [6.07, 6.45) is -1.09. The van der Waals surface area contributed by atoms with E-state index in [2.05, 4.69) is 11.9 Å². The minimum atomic E-state index is -1.47. The highest BCUT2D eigenvalue weighted by molar-refractivity contribution is 5.83. The smallest absolute Gasteiger partial charge is 0.339 e. The van der Waals surface area contributed by atoms with Gasteiger partial charge >= 0.3 is 5.97 Å². The first-order chi connectivity index (χ1) is 9.92. The summed E-state index contributed by atoms with van der Waals surface area (Å²) in [4.78, 5) is 12.6. The first kappa shape index (κ1) is 18.7. The van der Waals surface area contributed by atoms with E-state index in [-0.39, 0.29) is 19.1 Å². The highest BCUT2D eigenvalue weighted by Crippen LogP contribution is 2.26.